The standard InChI is InChI=1S/C11H15FN2/c1-2-13-9-6-8-4-3-5-10(12)11(8)14-7-9/h3-5,9,13-14H,2,6-7H2,1H3. The monoisotopic (exact) mass is 194 g/mol. The number of likely N-dealkylation sites (N-methyl/N-ethyl adjacent to an activating group) is 1. The van der Waals surface area contributed by atoms with Crippen LogP contribution in [-0.2, 0) is 6.42 Å². The van der Waals surface area contributed by atoms with E-state index in [-0.39, 0.29) is 5.82 Å². The molecule has 0 aliphatic carbocycles. The number of fused-ring (bicyclic) bond motifs is 1. The summed E-state index contributed by atoms with van der Waals surface area (Å²) in [4.78, 5) is 0. The zero-order chi connectivity index (χ0) is 9.97. The van der Waals surface area contributed by atoms with Gasteiger partial charge in [-0.25, -0.2) is 4.39 Å². The highest BCUT2D eigenvalue weighted by atomic mass is 19.1. The van der Waals surface area contributed by atoms with Crippen LogP contribution in [0.4, 0.5) is 10.1 Å². The number of benzene rings is 1. The molecule has 0 amide bonds. The van der Waals surface area contributed by atoms with Gasteiger partial charge < -0.3 is 10.6 Å². The summed E-state index contributed by atoms with van der Waals surface area (Å²) in [7, 11) is 0. The molecule has 0 aromatic heterocycles. The quantitative estimate of drug-likeness (QED) is 0.749. The average Bonchev–Trinajstić information content (AvgIpc) is 2.18. The first-order chi connectivity index (χ1) is 6.81. The summed E-state index contributed by atoms with van der Waals surface area (Å²) in [5, 5.41) is 6.49. The zero-order valence-electron chi connectivity index (χ0n) is 8.31. The van der Waals surface area contributed by atoms with E-state index in [0.29, 0.717) is 11.7 Å². The lowest BCUT2D eigenvalue weighted by Gasteiger charge is -2.26. The SMILES string of the molecule is CCNC1CNc2c(F)cccc2C1. The van der Waals surface area contributed by atoms with Crippen LogP contribution in [0.3, 0.4) is 0 Å². The maximum atomic E-state index is 13.3. The van der Waals surface area contributed by atoms with Crippen molar-refractivity contribution >= 4 is 5.69 Å². The molecule has 2 nitrogen and oxygen atoms in total. The van der Waals surface area contributed by atoms with Crippen molar-refractivity contribution < 1.29 is 4.39 Å². The molecule has 3 heteroatoms. The second-order valence-corrected chi connectivity index (χ2v) is 3.61. The molecule has 1 aliphatic heterocycles. The van der Waals surface area contributed by atoms with E-state index in [4.69, 9.17) is 0 Å². The summed E-state index contributed by atoms with van der Waals surface area (Å²) < 4.78 is 13.3. The first kappa shape index (κ1) is 9.46. The van der Waals surface area contributed by atoms with Gasteiger partial charge in [0.15, 0.2) is 0 Å². The second-order valence-electron chi connectivity index (χ2n) is 3.61. The van der Waals surface area contributed by atoms with Crippen molar-refractivity contribution in [2.24, 2.45) is 0 Å². The van der Waals surface area contributed by atoms with Crippen molar-refractivity contribution in [2.75, 3.05) is 18.4 Å². The number of nitrogens with one attached hydrogen (secondary N) is 2. The number of para-hydroxylation sites is 1. The lowest BCUT2D eigenvalue weighted by Crippen LogP contribution is -2.40. The molecule has 1 aromatic rings. The summed E-state index contributed by atoms with van der Waals surface area (Å²) in [5.74, 6) is -0.141. The van der Waals surface area contributed by atoms with Crippen LogP contribution >= 0.6 is 0 Å². The van der Waals surface area contributed by atoms with Crippen LogP contribution in [0.1, 0.15) is 12.5 Å². The van der Waals surface area contributed by atoms with Crippen LogP contribution in [0, 0.1) is 5.82 Å². The van der Waals surface area contributed by atoms with Crippen molar-refractivity contribution in [3.8, 4) is 0 Å². The highest BCUT2D eigenvalue weighted by Crippen LogP contribution is 2.24. The van der Waals surface area contributed by atoms with E-state index >= 15 is 0 Å². The molecular formula is C11H15FN2. The minimum Gasteiger partial charge on any atom is -0.381 e. The van der Waals surface area contributed by atoms with Crippen molar-refractivity contribution in [1.82, 2.24) is 5.32 Å². The highest BCUT2D eigenvalue weighted by molar-refractivity contribution is 5.54. The van der Waals surface area contributed by atoms with Gasteiger partial charge in [-0.05, 0) is 24.6 Å². The Hall–Kier alpha value is -1.09. The summed E-state index contributed by atoms with van der Waals surface area (Å²) in [6.45, 7) is 3.85. The molecule has 1 unspecified atom stereocenters. The van der Waals surface area contributed by atoms with Crippen LogP contribution in [0.2, 0.25) is 0 Å². The Bertz CT molecular complexity index is 325. The number of halogens is 1. The molecular weight excluding hydrogens is 179 g/mol. The van der Waals surface area contributed by atoms with Gasteiger partial charge in [0.05, 0.1) is 5.69 Å². The van der Waals surface area contributed by atoms with Gasteiger partial charge in [0.1, 0.15) is 5.82 Å². The fourth-order valence-electron chi connectivity index (χ4n) is 1.93. The third-order valence-corrected chi connectivity index (χ3v) is 2.58. The summed E-state index contributed by atoms with van der Waals surface area (Å²) in [6.07, 6.45) is 0.911. The molecule has 1 heterocycles. The Kier molecular flexibility index (Phi) is 2.68. The van der Waals surface area contributed by atoms with Crippen LogP contribution in [-0.4, -0.2) is 19.1 Å². The van der Waals surface area contributed by atoms with Gasteiger partial charge in [0.2, 0.25) is 0 Å². The maximum Gasteiger partial charge on any atom is 0.146 e. The molecule has 1 aliphatic rings. The predicted octanol–water partition coefficient (Wildman–Crippen LogP) is 1.77. The molecule has 0 fully saturated rings. The average molecular weight is 194 g/mol. The molecule has 0 radical (unpaired) electrons. The van der Waals surface area contributed by atoms with E-state index in [1.165, 1.54) is 6.07 Å². The van der Waals surface area contributed by atoms with Crippen molar-refractivity contribution in [3.63, 3.8) is 0 Å². The summed E-state index contributed by atoms with van der Waals surface area (Å²) in [5.41, 5.74) is 1.75. The molecule has 14 heavy (non-hydrogen) atoms. The van der Waals surface area contributed by atoms with E-state index < -0.39 is 0 Å². The van der Waals surface area contributed by atoms with Gasteiger partial charge in [0, 0.05) is 12.6 Å². The Balaban J connectivity index is 2.18. The molecule has 76 valence electrons. The minimum absolute atomic E-state index is 0.141. The van der Waals surface area contributed by atoms with E-state index in [9.17, 15) is 4.39 Å². The third-order valence-electron chi connectivity index (χ3n) is 2.58. The molecule has 2 rings (SSSR count). The third kappa shape index (κ3) is 1.73. The van der Waals surface area contributed by atoms with Gasteiger partial charge in [-0.2, -0.15) is 0 Å². The van der Waals surface area contributed by atoms with Gasteiger partial charge in [-0.15, -0.1) is 0 Å². The van der Waals surface area contributed by atoms with Crippen LogP contribution in [0.5, 0.6) is 0 Å². The number of hydrogen-bond donors (Lipinski definition) is 2. The molecule has 2 N–H and O–H groups in total. The molecule has 0 saturated carbocycles. The first-order valence-electron chi connectivity index (χ1n) is 5.06. The normalized spacial score (nSPS) is 20.0. The fourth-order valence-corrected chi connectivity index (χ4v) is 1.93. The van der Waals surface area contributed by atoms with Gasteiger partial charge in [0.25, 0.3) is 0 Å². The first-order valence-corrected chi connectivity index (χ1v) is 5.06. The Labute approximate surface area is 83.5 Å². The maximum absolute atomic E-state index is 13.3. The van der Waals surface area contributed by atoms with E-state index in [0.717, 1.165) is 25.1 Å². The fraction of sp³-hybridized carbons (Fsp3) is 0.455. The molecule has 1 aromatic carbocycles. The molecule has 1 atom stereocenters. The van der Waals surface area contributed by atoms with Crippen molar-refractivity contribution in [1.29, 1.82) is 0 Å². The van der Waals surface area contributed by atoms with Crippen LogP contribution in [0.15, 0.2) is 18.2 Å². The Morgan fingerprint density at radius 1 is 1.57 bits per heavy atom. The van der Waals surface area contributed by atoms with Crippen molar-refractivity contribution in [2.45, 2.75) is 19.4 Å². The molecule has 0 bridgehead atoms. The van der Waals surface area contributed by atoms with E-state index in [1.807, 2.05) is 6.07 Å². The van der Waals surface area contributed by atoms with Gasteiger partial charge >= 0.3 is 0 Å². The van der Waals surface area contributed by atoms with E-state index in [2.05, 4.69) is 17.6 Å². The lowest BCUT2D eigenvalue weighted by molar-refractivity contribution is 0.526. The molecule has 0 spiro atoms. The smallest absolute Gasteiger partial charge is 0.146 e. The number of hydrogen-bond acceptors (Lipinski definition) is 2. The summed E-state index contributed by atoms with van der Waals surface area (Å²) >= 11 is 0. The van der Waals surface area contributed by atoms with E-state index in [1.54, 1.807) is 6.07 Å². The number of anilines is 1. The number of rotatable bonds is 2. The lowest BCUT2D eigenvalue weighted by atomic mass is 9.99. The topological polar surface area (TPSA) is 24.1 Å². The molecule has 0 saturated heterocycles. The minimum atomic E-state index is -0.141. The van der Waals surface area contributed by atoms with Gasteiger partial charge in [-0.1, -0.05) is 19.1 Å². The highest BCUT2D eigenvalue weighted by Gasteiger charge is 2.19. The summed E-state index contributed by atoms with van der Waals surface area (Å²) in [6, 6.07) is 5.67. The van der Waals surface area contributed by atoms with Crippen LogP contribution in [0.25, 0.3) is 0 Å². The zero-order valence-corrected chi connectivity index (χ0v) is 8.31. The Morgan fingerprint density at radius 2 is 2.43 bits per heavy atom. The van der Waals surface area contributed by atoms with Crippen LogP contribution < -0.4 is 10.6 Å². The van der Waals surface area contributed by atoms with Crippen molar-refractivity contribution in [3.05, 3.63) is 29.6 Å². The largest absolute Gasteiger partial charge is 0.381 e. The second kappa shape index (κ2) is 3.96. The Morgan fingerprint density at radius 3 is 3.21 bits per heavy atom. The predicted molar refractivity (Wildman–Crippen MR) is 56.1 cm³/mol. The van der Waals surface area contributed by atoms with Gasteiger partial charge in [-0.3, -0.25) is 0 Å².